The maximum atomic E-state index is 11.3. The van der Waals surface area contributed by atoms with Gasteiger partial charge in [0, 0.05) is 25.8 Å². The van der Waals surface area contributed by atoms with Gasteiger partial charge in [-0.2, -0.15) is 0 Å². The van der Waals surface area contributed by atoms with Crippen molar-refractivity contribution in [1.29, 1.82) is 0 Å². The van der Waals surface area contributed by atoms with Gasteiger partial charge in [0.1, 0.15) is 5.69 Å². The quantitative estimate of drug-likeness (QED) is 0.540. The normalized spacial score (nSPS) is 10.1. The van der Waals surface area contributed by atoms with E-state index in [0.717, 1.165) is 0 Å². The summed E-state index contributed by atoms with van der Waals surface area (Å²) in [6, 6.07) is 0. The zero-order valence-corrected chi connectivity index (χ0v) is 7.81. The van der Waals surface area contributed by atoms with Crippen LogP contribution >= 0.6 is 0 Å². The van der Waals surface area contributed by atoms with E-state index in [1.807, 2.05) is 0 Å². The van der Waals surface area contributed by atoms with Gasteiger partial charge in [-0.25, -0.2) is 4.98 Å². The molecule has 0 unspecified atom stereocenters. The number of carbonyl (C=O) groups excluding carboxylic acids is 1. The number of nitrogens with one attached hydrogen (secondary N) is 1. The van der Waals surface area contributed by atoms with Crippen LogP contribution in [0.15, 0.2) is 12.5 Å². The van der Waals surface area contributed by atoms with E-state index < -0.39 is 0 Å². The van der Waals surface area contributed by atoms with Crippen molar-refractivity contribution in [3.8, 4) is 0 Å². The molecule has 0 saturated carbocycles. The standard InChI is InChI=1S/C8H14N4O2/c9-1-3-12-5-7(11-6-12)8(14)10-2-4-13/h5-6,13H,1-4,9H2,(H,10,14). The summed E-state index contributed by atoms with van der Waals surface area (Å²) < 4.78 is 1.74. The number of imidazole rings is 1. The van der Waals surface area contributed by atoms with Crippen molar-refractivity contribution in [2.75, 3.05) is 19.7 Å². The van der Waals surface area contributed by atoms with Crippen LogP contribution in [0.2, 0.25) is 0 Å². The van der Waals surface area contributed by atoms with E-state index in [-0.39, 0.29) is 19.1 Å². The van der Waals surface area contributed by atoms with Crippen molar-refractivity contribution in [1.82, 2.24) is 14.9 Å². The van der Waals surface area contributed by atoms with Crippen LogP contribution in [0.25, 0.3) is 0 Å². The Labute approximate surface area is 81.7 Å². The van der Waals surface area contributed by atoms with Crippen LogP contribution in [0.5, 0.6) is 0 Å². The number of hydrogen-bond acceptors (Lipinski definition) is 4. The topological polar surface area (TPSA) is 93.2 Å². The largest absolute Gasteiger partial charge is 0.395 e. The summed E-state index contributed by atoms with van der Waals surface area (Å²) in [5, 5.41) is 11.0. The third-order valence-corrected chi connectivity index (χ3v) is 1.65. The number of amides is 1. The second-order valence-corrected chi connectivity index (χ2v) is 2.76. The average molecular weight is 198 g/mol. The van der Waals surface area contributed by atoms with E-state index in [2.05, 4.69) is 10.3 Å². The van der Waals surface area contributed by atoms with E-state index in [1.54, 1.807) is 17.1 Å². The van der Waals surface area contributed by atoms with Crippen LogP contribution in [0, 0.1) is 0 Å². The minimum atomic E-state index is -0.283. The molecular formula is C8H14N4O2. The first-order valence-electron chi connectivity index (χ1n) is 4.39. The van der Waals surface area contributed by atoms with Crippen LogP contribution in [0.4, 0.5) is 0 Å². The van der Waals surface area contributed by atoms with E-state index in [4.69, 9.17) is 10.8 Å². The second kappa shape index (κ2) is 5.36. The van der Waals surface area contributed by atoms with Gasteiger partial charge in [-0.05, 0) is 0 Å². The summed E-state index contributed by atoms with van der Waals surface area (Å²) in [6.07, 6.45) is 3.18. The van der Waals surface area contributed by atoms with Crippen LogP contribution in [-0.2, 0) is 6.54 Å². The second-order valence-electron chi connectivity index (χ2n) is 2.76. The summed E-state index contributed by atoms with van der Waals surface area (Å²) in [6.45, 7) is 1.31. The molecule has 0 saturated heterocycles. The van der Waals surface area contributed by atoms with Gasteiger partial charge in [-0.3, -0.25) is 4.79 Å². The van der Waals surface area contributed by atoms with Gasteiger partial charge in [0.15, 0.2) is 0 Å². The number of nitrogens with two attached hydrogens (primary N) is 1. The lowest BCUT2D eigenvalue weighted by Gasteiger charge is -1.98. The number of carbonyl (C=O) groups is 1. The Kier molecular flexibility index (Phi) is 4.09. The highest BCUT2D eigenvalue weighted by atomic mass is 16.3. The summed E-state index contributed by atoms with van der Waals surface area (Å²) >= 11 is 0. The Hall–Kier alpha value is -1.40. The number of aliphatic hydroxyl groups excluding tert-OH is 1. The summed E-state index contributed by atoms with van der Waals surface area (Å²) in [5.74, 6) is -0.283. The summed E-state index contributed by atoms with van der Waals surface area (Å²) in [7, 11) is 0. The van der Waals surface area contributed by atoms with E-state index in [1.165, 1.54) is 0 Å². The molecular weight excluding hydrogens is 184 g/mol. The number of nitrogens with zero attached hydrogens (tertiary/aromatic N) is 2. The molecule has 0 radical (unpaired) electrons. The molecule has 0 aromatic carbocycles. The molecule has 1 aromatic heterocycles. The molecule has 1 amide bonds. The van der Waals surface area contributed by atoms with Crippen LogP contribution < -0.4 is 11.1 Å². The van der Waals surface area contributed by atoms with E-state index in [9.17, 15) is 4.79 Å². The Morgan fingerprint density at radius 3 is 3.14 bits per heavy atom. The minimum absolute atomic E-state index is 0.0742. The first-order valence-corrected chi connectivity index (χ1v) is 4.39. The van der Waals surface area contributed by atoms with Crippen molar-refractivity contribution < 1.29 is 9.90 Å². The van der Waals surface area contributed by atoms with Crippen molar-refractivity contribution in [2.24, 2.45) is 5.73 Å². The van der Waals surface area contributed by atoms with Crippen LogP contribution in [0.1, 0.15) is 10.5 Å². The number of rotatable bonds is 5. The van der Waals surface area contributed by atoms with Gasteiger partial charge >= 0.3 is 0 Å². The number of aromatic nitrogens is 2. The third kappa shape index (κ3) is 2.82. The highest BCUT2D eigenvalue weighted by Gasteiger charge is 2.07. The van der Waals surface area contributed by atoms with Crippen LogP contribution in [-0.4, -0.2) is 40.3 Å². The Bertz CT molecular complexity index is 297. The number of hydrogen-bond donors (Lipinski definition) is 3. The molecule has 0 spiro atoms. The lowest BCUT2D eigenvalue weighted by atomic mass is 10.4. The zero-order chi connectivity index (χ0) is 10.4. The zero-order valence-electron chi connectivity index (χ0n) is 7.81. The van der Waals surface area contributed by atoms with Crippen molar-refractivity contribution >= 4 is 5.91 Å². The van der Waals surface area contributed by atoms with E-state index in [0.29, 0.717) is 18.8 Å². The Morgan fingerprint density at radius 2 is 2.50 bits per heavy atom. The average Bonchev–Trinajstić information content (AvgIpc) is 2.63. The van der Waals surface area contributed by atoms with Crippen LogP contribution in [0.3, 0.4) is 0 Å². The molecule has 0 fully saturated rings. The maximum absolute atomic E-state index is 11.3. The molecule has 1 rings (SSSR count). The van der Waals surface area contributed by atoms with Crippen molar-refractivity contribution in [3.05, 3.63) is 18.2 Å². The molecule has 14 heavy (non-hydrogen) atoms. The number of aliphatic hydroxyl groups is 1. The predicted molar refractivity (Wildman–Crippen MR) is 50.7 cm³/mol. The molecule has 6 nitrogen and oxygen atoms in total. The first kappa shape index (κ1) is 10.7. The van der Waals surface area contributed by atoms with Crippen molar-refractivity contribution in [2.45, 2.75) is 6.54 Å². The van der Waals surface area contributed by atoms with Gasteiger partial charge in [-0.15, -0.1) is 0 Å². The molecule has 0 aliphatic carbocycles. The molecule has 0 aliphatic heterocycles. The fourth-order valence-electron chi connectivity index (χ4n) is 1.01. The van der Waals surface area contributed by atoms with Gasteiger partial charge in [0.05, 0.1) is 12.9 Å². The monoisotopic (exact) mass is 198 g/mol. The SMILES string of the molecule is NCCn1cnc(C(=O)NCCO)c1. The summed E-state index contributed by atoms with van der Waals surface area (Å²) in [5.41, 5.74) is 5.68. The maximum Gasteiger partial charge on any atom is 0.271 e. The minimum Gasteiger partial charge on any atom is -0.395 e. The molecule has 1 aromatic rings. The van der Waals surface area contributed by atoms with E-state index >= 15 is 0 Å². The smallest absolute Gasteiger partial charge is 0.271 e. The molecule has 6 heteroatoms. The Morgan fingerprint density at radius 1 is 1.71 bits per heavy atom. The highest BCUT2D eigenvalue weighted by molar-refractivity contribution is 5.91. The van der Waals surface area contributed by atoms with Gasteiger partial charge in [0.25, 0.3) is 5.91 Å². The molecule has 0 atom stereocenters. The predicted octanol–water partition coefficient (Wildman–Crippen LogP) is -1.44. The van der Waals surface area contributed by atoms with Gasteiger partial charge in [-0.1, -0.05) is 0 Å². The summed E-state index contributed by atoms with van der Waals surface area (Å²) in [4.78, 5) is 15.2. The fraction of sp³-hybridized carbons (Fsp3) is 0.500. The molecule has 1 heterocycles. The molecule has 0 bridgehead atoms. The highest BCUT2D eigenvalue weighted by Crippen LogP contribution is 1.95. The third-order valence-electron chi connectivity index (χ3n) is 1.65. The van der Waals surface area contributed by atoms with Gasteiger partial charge < -0.3 is 20.7 Å². The lowest BCUT2D eigenvalue weighted by molar-refractivity contribution is 0.0940. The van der Waals surface area contributed by atoms with Crippen molar-refractivity contribution in [3.63, 3.8) is 0 Å². The van der Waals surface area contributed by atoms with Gasteiger partial charge in [0.2, 0.25) is 0 Å². The molecule has 4 N–H and O–H groups in total. The Balaban J connectivity index is 2.53. The lowest BCUT2D eigenvalue weighted by Crippen LogP contribution is -2.26. The molecule has 78 valence electrons. The fourth-order valence-corrected chi connectivity index (χ4v) is 1.01. The first-order chi connectivity index (χ1) is 6.77. The molecule has 0 aliphatic rings.